The van der Waals surface area contributed by atoms with Gasteiger partial charge < -0.3 is 7.74 Å². The average Bonchev–Trinajstić information content (AvgIpc) is 2.56. The van der Waals surface area contributed by atoms with E-state index in [1.54, 1.807) is 10.5 Å². The fraction of sp³-hybridized carbons (Fsp3) is 0.857. The van der Waals surface area contributed by atoms with Crippen LogP contribution in [0.2, 0.25) is 36.3 Å². The molecule has 0 aliphatic rings. The van der Waals surface area contributed by atoms with E-state index in [9.17, 15) is 16.8 Å². The summed E-state index contributed by atoms with van der Waals surface area (Å²) in [6.07, 6.45) is 0. The highest BCUT2D eigenvalue weighted by molar-refractivity contribution is 7.95. The molecule has 24 heavy (non-hydrogen) atoms. The van der Waals surface area contributed by atoms with Gasteiger partial charge in [-0.3, -0.25) is 0 Å². The fourth-order valence-electron chi connectivity index (χ4n) is 2.46. The second-order valence-electron chi connectivity index (χ2n) is 5.77. The number of hydrogen-bond acceptors (Lipinski definition) is 6. The minimum atomic E-state index is -4.23. The van der Waals surface area contributed by atoms with E-state index >= 15 is 0 Å². The molecule has 0 fully saturated rings. The first kappa shape index (κ1) is 23.8. The normalized spacial score (nSPS) is 13.4. The second kappa shape index (κ2) is 9.49. The summed E-state index contributed by atoms with van der Waals surface area (Å²) in [4.78, 5) is 0. The molecule has 0 radical (unpaired) electrons. The van der Waals surface area contributed by atoms with Crippen molar-refractivity contribution < 1.29 is 24.6 Å². The van der Waals surface area contributed by atoms with E-state index < -0.39 is 36.9 Å². The van der Waals surface area contributed by atoms with E-state index in [0.717, 1.165) is 0 Å². The monoisotopic (exact) mass is 414 g/mol. The molecule has 142 valence electrons. The maximum atomic E-state index is 12.1. The number of hydrogen-bond donors (Lipinski definition) is 0. The van der Waals surface area contributed by atoms with Gasteiger partial charge in [-0.1, -0.05) is 41.5 Å². The van der Waals surface area contributed by atoms with Crippen LogP contribution in [0.5, 0.6) is 0 Å². The Labute approximate surface area is 149 Å². The predicted molar refractivity (Wildman–Crippen MR) is 102 cm³/mol. The summed E-state index contributed by atoms with van der Waals surface area (Å²) in [5, 5.41) is 3.59. The molecule has 0 bridgehead atoms. The van der Waals surface area contributed by atoms with E-state index in [-0.39, 0.29) is 0 Å². The summed E-state index contributed by atoms with van der Waals surface area (Å²) < 4.78 is 58.9. The van der Waals surface area contributed by atoms with Gasteiger partial charge in [0, 0.05) is 0 Å². The van der Waals surface area contributed by atoms with Crippen LogP contribution < -0.4 is 0 Å². The smallest absolute Gasteiger partial charge is 0.305 e. The highest BCUT2D eigenvalue weighted by Crippen LogP contribution is 2.25. The first-order valence-electron chi connectivity index (χ1n) is 8.43. The van der Waals surface area contributed by atoms with Crippen molar-refractivity contribution >= 4 is 36.9 Å². The Morgan fingerprint density at radius 1 is 0.583 bits per heavy atom. The Balaban J connectivity index is 5.47. The lowest BCUT2D eigenvalue weighted by molar-refractivity contribution is 0.483. The summed E-state index contributed by atoms with van der Waals surface area (Å²) in [6.45, 7) is 11.3. The van der Waals surface area contributed by atoms with Gasteiger partial charge in [0.05, 0.1) is 10.5 Å². The number of rotatable bonds is 10. The molecule has 0 amide bonds. The first-order chi connectivity index (χ1) is 11.0. The molecule has 0 heterocycles. The predicted octanol–water partition coefficient (Wildman–Crippen LogP) is 3.61. The molecule has 0 saturated carbocycles. The lowest BCUT2D eigenvalue weighted by atomic mass is 10.9. The first-order valence-corrected chi connectivity index (χ1v) is 16.3. The summed E-state index contributed by atoms with van der Waals surface area (Å²) >= 11 is 0. The highest BCUT2D eigenvalue weighted by Gasteiger charge is 2.36. The molecule has 0 aliphatic carbocycles. The van der Waals surface area contributed by atoms with Gasteiger partial charge >= 0.3 is 20.2 Å². The van der Waals surface area contributed by atoms with Crippen LogP contribution in [0.25, 0.3) is 0 Å². The molecule has 0 unspecified atom stereocenters. The van der Waals surface area contributed by atoms with Gasteiger partial charge in [0.15, 0.2) is 0 Å². The van der Waals surface area contributed by atoms with E-state index in [4.69, 9.17) is 7.74 Å². The van der Waals surface area contributed by atoms with Crippen LogP contribution in [-0.4, -0.2) is 33.5 Å². The third kappa shape index (κ3) is 6.97. The van der Waals surface area contributed by atoms with E-state index in [1.807, 2.05) is 41.5 Å². The Hall–Kier alpha value is -0.186. The van der Waals surface area contributed by atoms with Crippen LogP contribution in [0.3, 0.4) is 0 Å². The van der Waals surface area contributed by atoms with Gasteiger partial charge in [-0.25, -0.2) is 0 Å². The van der Waals surface area contributed by atoms with E-state index in [2.05, 4.69) is 0 Å². The molecule has 0 atom stereocenters. The standard InChI is InChI=1S/C14H30O6S2Si2/c1-7-23(8-2,9-3)19-21(15,16)13-14-22(17,18)20-24(10-4,11-5)12-6/h7-12H2,1-6H3. The highest BCUT2D eigenvalue weighted by atomic mass is 32.2. The summed E-state index contributed by atoms with van der Waals surface area (Å²) in [5.41, 5.74) is 0. The van der Waals surface area contributed by atoms with Crippen LogP contribution in [-0.2, 0) is 28.0 Å². The molecular formula is C14H30O6S2Si2. The maximum absolute atomic E-state index is 12.1. The molecular weight excluding hydrogens is 384 g/mol. The maximum Gasteiger partial charge on any atom is 0.329 e. The zero-order valence-electron chi connectivity index (χ0n) is 15.5. The van der Waals surface area contributed by atoms with Crippen molar-refractivity contribution in [1.82, 2.24) is 0 Å². The van der Waals surface area contributed by atoms with Crippen LogP contribution in [0, 0.1) is 10.5 Å². The average molecular weight is 415 g/mol. The zero-order chi connectivity index (χ0) is 19.1. The molecule has 0 spiro atoms. The minimum absolute atomic E-state index is 0.627. The Kier molecular flexibility index (Phi) is 9.42. The van der Waals surface area contributed by atoms with Gasteiger partial charge in [0.25, 0.3) is 0 Å². The van der Waals surface area contributed by atoms with Gasteiger partial charge in [-0.05, 0) is 36.3 Å². The van der Waals surface area contributed by atoms with Gasteiger partial charge in [-0.2, -0.15) is 16.8 Å². The van der Waals surface area contributed by atoms with Crippen molar-refractivity contribution in [2.45, 2.75) is 77.8 Å². The molecule has 0 aromatic rings. The molecule has 0 rings (SSSR count). The molecule has 0 aromatic carbocycles. The van der Waals surface area contributed by atoms with Crippen molar-refractivity contribution in [1.29, 1.82) is 0 Å². The van der Waals surface area contributed by atoms with Crippen molar-refractivity contribution in [3.05, 3.63) is 0 Å². The summed E-state index contributed by atoms with van der Waals surface area (Å²) in [7, 11) is -13.3. The largest absolute Gasteiger partial charge is 0.329 e. The summed E-state index contributed by atoms with van der Waals surface area (Å²) in [5.74, 6) is 0. The van der Waals surface area contributed by atoms with Crippen LogP contribution in [0.4, 0.5) is 0 Å². The molecule has 0 aromatic heterocycles. The second-order valence-corrected chi connectivity index (χ2v) is 18.3. The van der Waals surface area contributed by atoms with Crippen molar-refractivity contribution in [2.24, 2.45) is 0 Å². The topological polar surface area (TPSA) is 86.7 Å². The lowest BCUT2D eigenvalue weighted by Crippen LogP contribution is -2.38. The molecule has 0 aliphatic heterocycles. The van der Waals surface area contributed by atoms with Crippen LogP contribution in [0.15, 0.2) is 0 Å². The van der Waals surface area contributed by atoms with Crippen LogP contribution >= 0.6 is 0 Å². The molecule has 0 saturated heterocycles. The SMILES string of the molecule is CC[Si](CC)(CC)OS(=O)(=O)C#CS(=O)(=O)O[Si](CC)(CC)CC. The quantitative estimate of drug-likeness (QED) is 0.401. The van der Waals surface area contributed by atoms with Crippen molar-refractivity contribution in [3.8, 4) is 10.5 Å². The minimum Gasteiger partial charge on any atom is -0.305 e. The zero-order valence-corrected chi connectivity index (χ0v) is 19.1. The van der Waals surface area contributed by atoms with Crippen molar-refractivity contribution in [3.63, 3.8) is 0 Å². The van der Waals surface area contributed by atoms with Crippen LogP contribution in [0.1, 0.15) is 41.5 Å². The Morgan fingerprint density at radius 3 is 0.958 bits per heavy atom. The lowest BCUT2D eigenvalue weighted by Gasteiger charge is -2.25. The molecule has 6 nitrogen and oxygen atoms in total. The third-order valence-corrected chi connectivity index (χ3v) is 17.9. The third-order valence-electron chi connectivity index (χ3n) is 4.73. The van der Waals surface area contributed by atoms with E-state index in [0.29, 0.717) is 36.3 Å². The van der Waals surface area contributed by atoms with Crippen molar-refractivity contribution in [2.75, 3.05) is 0 Å². The van der Waals surface area contributed by atoms with Gasteiger partial charge in [0.2, 0.25) is 16.6 Å². The fourth-order valence-corrected chi connectivity index (χ4v) is 13.2. The molecule has 0 N–H and O–H groups in total. The Morgan fingerprint density at radius 2 is 0.792 bits per heavy atom. The van der Waals surface area contributed by atoms with E-state index in [1.165, 1.54) is 0 Å². The summed E-state index contributed by atoms with van der Waals surface area (Å²) in [6, 6.07) is 3.76. The Bertz CT molecular complexity index is 581. The van der Waals surface area contributed by atoms with Gasteiger partial charge in [0.1, 0.15) is 0 Å². The van der Waals surface area contributed by atoms with Gasteiger partial charge in [-0.15, -0.1) is 0 Å². The molecule has 10 heteroatoms.